The summed E-state index contributed by atoms with van der Waals surface area (Å²) in [6, 6.07) is 12.7. The van der Waals surface area contributed by atoms with Crippen molar-refractivity contribution >= 4 is 13.6 Å². The lowest BCUT2D eigenvalue weighted by Crippen LogP contribution is -2.04. The van der Waals surface area contributed by atoms with Crippen LogP contribution in [0.3, 0.4) is 0 Å². The first-order chi connectivity index (χ1) is 9.71. The van der Waals surface area contributed by atoms with E-state index in [0.29, 0.717) is 12.0 Å². The Balaban J connectivity index is 0.000000612. The van der Waals surface area contributed by atoms with E-state index in [2.05, 4.69) is 4.98 Å². The monoisotopic (exact) mass is 276 g/mol. The van der Waals surface area contributed by atoms with Crippen molar-refractivity contribution in [1.29, 1.82) is 0 Å². The van der Waals surface area contributed by atoms with Gasteiger partial charge in [0.1, 0.15) is 5.75 Å². The summed E-state index contributed by atoms with van der Waals surface area (Å²) in [5.41, 5.74) is 1.46. The van der Waals surface area contributed by atoms with Crippen molar-refractivity contribution in [3.63, 3.8) is 0 Å². The Morgan fingerprint density at radius 2 is 1.85 bits per heavy atom. The second kappa shape index (κ2) is 8.80. The molecule has 6 heteroatoms. The van der Waals surface area contributed by atoms with Crippen molar-refractivity contribution in [1.82, 2.24) is 4.98 Å². The van der Waals surface area contributed by atoms with Crippen LogP contribution in [0, 0.1) is 0 Å². The molecule has 0 saturated carbocycles. The maximum atomic E-state index is 11.9. The van der Waals surface area contributed by atoms with E-state index < -0.39 is 7.83 Å². The highest BCUT2D eigenvalue weighted by Gasteiger charge is 2.07. The third kappa shape index (κ3) is 5.18. The summed E-state index contributed by atoms with van der Waals surface area (Å²) < 4.78 is 24.0. The number of carbonyl (C=O) groups is 1. The SMILES string of the molecule is COc1ccc(C(=O)Cc2ccccn2)cc1.F[B]F. The van der Waals surface area contributed by atoms with Crippen LogP contribution in [0.25, 0.3) is 0 Å². The molecule has 0 amide bonds. The van der Waals surface area contributed by atoms with Gasteiger partial charge in [-0.1, -0.05) is 6.07 Å². The number of hydrogen-bond acceptors (Lipinski definition) is 3. The van der Waals surface area contributed by atoms with Gasteiger partial charge in [-0.3, -0.25) is 18.4 Å². The zero-order valence-corrected chi connectivity index (χ0v) is 10.9. The van der Waals surface area contributed by atoms with Crippen molar-refractivity contribution in [2.24, 2.45) is 0 Å². The molecule has 0 N–H and O–H groups in total. The fourth-order valence-electron chi connectivity index (χ4n) is 1.55. The zero-order valence-electron chi connectivity index (χ0n) is 10.9. The number of nitrogens with zero attached hydrogens (tertiary/aromatic N) is 1. The van der Waals surface area contributed by atoms with Crippen LogP contribution in [-0.2, 0) is 6.42 Å². The smallest absolute Gasteiger partial charge is 0.497 e. The number of ketones is 1. The average Bonchev–Trinajstić information content (AvgIpc) is 2.49. The van der Waals surface area contributed by atoms with Gasteiger partial charge in [0.25, 0.3) is 0 Å². The Morgan fingerprint density at radius 3 is 2.35 bits per heavy atom. The molecule has 0 bridgehead atoms. The van der Waals surface area contributed by atoms with E-state index in [1.165, 1.54) is 0 Å². The number of halogens is 2. The average molecular weight is 276 g/mol. The fourth-order valence-corrected chi connectivity index (χ4v) is 1.55. The normalized spacial score (nSPS) is 9.15. The molecule has 2 rings (SSSR count). The number of aromatic nitrogens is 1. The first-order valence-electron chi connectivity index (χ1n) is 5.80. The second-order valence-electron chi connectivity index (χ2n) is 3.73. The summed E-state index contributed by atoms with van der Waals surface area (Å²) in [4.78, 5) is 16.1. The molecule has 1 aromatic carbocycles. The van der Waals surface area contributed by atoms with E-state index in [9.17, 15) is 13.4 Å². The molecule has 0 unspecified atom stereocenters. The highest BCUT2D eigenvalue weighted by atomic mass is 19.2. The Kier molecular flexibility index (Phi) is 6.96. The molecular weight excluding hydrogens is 263 g/mol. The third-order valence-electron chi connectivity index (χ3n) is 2.48. The van der Waals surface area contributed by atoms with E-state index in [0.717, 1.165) is 11.4 Å². The molecule has 103 valence electrons. The summed E-state index contributed by atoms with van der Waals surface area (Å²) in [6.45, 7) is 0. The Bertz CT molecular complexity index is 520. The number of methoxy groups -OCH3 is 1. The van der Waals surface area contributed by atoms with Crippen LogP contribution >= 0.6 is 0 Å². The number of rotatable bonds is 4. The number of ether oxygens (including phenoxy) is 1. The van der Waals surface area contributed by atoms with E-state index in [1.54, 1.807) is 37.6 Å². The van der Waals surface area contributed by atoms with Crippen molar-refractivity contribution < 1.29 is 18.2 Å². The molecule has 3 nitrogen and oxygen atoms in total. The molecular formula is C14H13BF2NO2. The van der Waals surface area contributed by atoms with E-state index in [-0.39, 0.29) is 5.78 Å². The van der Waals surface area contributed by atoms with Crippen LogP contribution in [0.5, 0.6) is 5.75 Å². The Hall–Kier alpha value is -2.24. The van der Waals surface area contributed by atoms with Gasteiger partial charge in [-0.15, -0.1) is 0 Å². The zero-order chi connectivity index (χ0) is 14.8. The van der Waals surface area contributed by atoms with Crippen LogP contribution < -0.4 is 4.74 Å². The standard InChI is InChI=1S/C14H13NO2.BF2/c1-17-13-7-5-11(6-8-13)14(16)10-12-4-2-3-9-15-12;2-1-3/h2-9H,10H2,1H3;. The molecule has 0 aliphatic rings. The van der Waals surface area contributed by atoms with Crippen molar-refractivity contribution in [2.45, 2.75) is 6.42 Å². The Morgan fingerprint density at radius 1 is 1.20 bits per heavy atom. The van der Waals surface area contributed by atoms with Crippen LogP contribution in [0.2, 0.25) is 0 Å². The summed E-state index contributed by atoms with van der Waals surface area (Å²) in [7, 11) is 0.602. The molecule has 2 aromatic rings. The summed E-state index contributed by atoms with van der Waals surface area (Å²) >= 11 is 0. The van der Waals surface area contributed by atoms with Crippen LogP contribution in [0.4, 0.5) is 8.63 Å². The van der Waals surface area contributed by atoms with Gasteiger partial charge in [0, 0.05) is 17.5 Å². The van der Waals surface area contributed by atoms with Gasteiger partial charge in [0.05, 0.1) is 13.5 Å². The topological polar surface area (TPSA) is 39.2 Å². The lowest BCUT2D eigenvalue weighted by atomic mass is 10.1. The predicted molar refractivity (Wildman–Crippen MR) is 73.2 cm³/mol. The van der Waals surface area contributed by atoms with Crippen molar-refractivity contribution in [3.8, 4) is 5.75 Å². The summed E-state index contributed by atoms with van der Waals surface area (Å²) in [6.07, 6.45) is 2.02. The molecule has 0 atom stereocenters. The molecule has 20 heavy (non-hydrogen) atoms. The van der Waals surface area contributed by atoms with Gasteiger partial charge in [-0.25, -0.2) is 0 Å². The maximum absolute atomic E-state index is 11.9. The maximum Gasteiger partial charge on any atom is 0.577 e. The molecule has 0 saturated heterocycles. The number of benzene rings is 1. The van der Waals surface area contributed by atoms with E-state index in [4.69, 9.17) is 4.74 Å². The molecule has 0 aliphatic heterocycles. The minimum absolute atomic E-state index is 0.0614. The van der Waals surface area contributed by atoms with E-state index in [1.807, 2.05) is 18.2 Å². The predicted octanol–water partition coefficient (Wildman–Crippen LogP) is 2.98. The van der Waals surface area contributed by atoms with Gasteiger partial charge in [0.2, 0.25) is 0 Å². The minimum atomic E-state index is -1.00. The first kappa shape index (κ1) is 15.8. The molecule has 0 fully saturated rings. The number of pyridine rings is 1. The van der Waals surface area contributed by atoms with Gasteiger partial charge in [-0.05, 0) is 36.4 Å². The van der Waals surface area contributed by atoms with E-state index >= 15 is 0 Å². The van der Waals surface area contributed by atoms with Crippen LogP contribution in [-0.4, -0.2) is 25.7 Å². The first-order valence-corrected chi connectivity index (χ1v) is 5.80. The largest absolute Gasteiger partial charge is 0.577 e. The van der Waals surface area contributed by atoms with Crippen LogP contribution in [0.15, 0.2) is 48.7 Å². The lowest BCUT2D eigenvalue weighted by Gasteiger charge is -2.02. The Labute approximate surface area is 117 Å². The van der Waals surface area contributed by atoms with Crippen molar-refractivity contribution in [3.05, 3.63) is 59.9 Å². The number of hydrogen-bond donors (Lipinski definition) is 0. The molecule has 0 aliphatic carbocycles. The quantitative estimate of drug-likeness (QED) is 0.636. The molecule has 0 spiro atoms. The minimum Gasteiger partial charge on any atom is -0.497 e. The van der Waals surface area contributed by atoms with Crippen LogP contribution in [0.1, 0.15) is 16.1 Å². The summed E-state index contributed by atoms with van der Waals surface area (Å²) in [5, 5.41) is 0. The highest BCUT2D eigenvalue weighted by molar-refractivity contribution is 6.15. The highest BCUT2D eigenvalue weighted by Crippen LogP contribution is 2.13. The molecule has 1 radical (unpaired) electrons. The second-order valence-corrected chi connectivity index (χ2v) is 3.73. The third-order valence-corrected chi connectivity index (χ3v) is 2.48. The fraction of sp³-hybridized carbons (Fsp3) is 0.143. The van der Waals surface area contributed by atoms with Crippen molar-refractivity contribution in [2.75, 3.05) is 7.11 Å². The summed E-state index contributed by atoms with van der Waals surface area (Å²) in [5.74, 6) is 0.811. The van der Waals surface area contributed by atoms with Gasteiger partial charge in [0.15, 0.2) is 5.78 Å². The molecule has 1 heterocycles. The number of Topliss-reactive ketones (excluding diaryl/α,β-unsaturated/α-hetero) is 1. The molecule has 1 aromatic heterocycles. The lowest BCUT2D eigenvalue weighted by molar-refractivity contribution is 0.0992. The van der Waals surface area contributed by atoms with Gasteiger partial charge in [-0.2, -0.15) is 0 Å². The van der Waals surface area contributed by atoms with Gasteiger partial charge < -0.3 is 4.74 Å². The number of carbonyl (C=O) groups excluding carboxylic acids is 1. The van der Waals surface area contributed by atoms with Gasteiger partial charge >= 0.3 is 7.83 Å².